The first-order chi connectivity index (χ1) is 17.8. The van der Waals surface area contributed by atoms with Crippen molar-refractivity contribution in [3.63, 3.8) is 0 Å². The summed E-state index contributed by atoms with van der Waals surface area (Å²) in [5.41, 5.74) is 2.60. The smallest absolute Gasteiger partial charge is 0.123 e. The Labute approximate surface area is 215 Å². The Morgan fingerprint density at radius 2 is 0.778 bits per heavy atom. The lowest BCUT2D eigenvalue weighted by molar-refractivity contribution is 0.0747. The molecule has 0 N–H and O–H groups in total. The minimum absolute atomic E-state index is 0.457. The third-order valence-corrected chi connectivity index (χ3v) is 5.45. The number of benzene rings is 3. The van der Waals surface area contributed by atoms with E-state index in [1.165, 1.54) is 11.1 Å². The Kier molecular flexibility index (Phi) is 12.5. The van der Waals surface area contributed by atoms with Crippen LogP contribution in [0.1, 0.15) is 25.0 Å². The van der Waals surface area contributed by atoms with Crippen LogP contribution in [-0.4, -0.2) is 52.9 Å². The molecule has 0 atom stereocenters. The lowest BCUT2D eigenvalue weighted by Crippen LogP contribution is -2.12. The second-order valence-corrected chi connectivity index (χ2v) is 8.09. The van der Waals surface area contributed by atoms with Crippen LogP contribution >= 0.6 is 0 Å². The molecule has 0 amide bonds. The third kappa shape index (κ3) is 10.6. The highest BCUT2D eigenvalue weighted by molar-refractivity contribution is 5.33. The minimum Gasteiger partial charge on any atom is -0.491 e. The Bertz CT molecular complexity index is 895. The van der Waals surface area contributed by atoms with Crippen molar-refractivity contribution in [3.05, 3.63) is 83.9 Å². The summed E-state index contributed by atoms with van der Waals surface area (Å²) in [5, 5.41) is 0. The van der Waals surface area contributed by atoms with Gasteiger partial charge in [0.15, 0.2) is 0 Å². The monoisotopic (exact) mass is 494 g/mol. The molecule has 0 unspecified atom stereocenters. The van der Waals surface area contributed by atoms with Crippen molar-refractivity contribution in [3.8, 4) is 23.0 Å². The lowest BCUT2D eigenvalue weighted by atomic mass is 10.2. The molecule has 0 radical (unpaired) electrons. The topological polar surface area (TPSA) is 55.4 Å². The van der Waals surface area contributed by atoms with Gasteiger partial charge in [0.05, 0.1) is 26.4 Å². The van der Waals surface area contributed by atoms with Gasteiger partial charge in [-0.3, -0.25) is 0 Å². The second kappa shape index (κ2) is 16.5. The van der Waals surface area contributed by atoms with Gasteiger partial charge in [0.2, 0.25) is 0 Å². The maximum absolute atomic E-state index is 5.76. The van der Waals surface area contributed by atoms with Crippen molar-refractivity contribution in [2.45, 2.75) is 26.7 Å². The summed E-state index contributed by atoms with van der Waals surface area (Å²) in [5.74, 6) is 3.21. The van der Waals surface area contributed by atoms with Crippen LogP contribution in [0, 0.1) is 0 Å². The Morgan fingerprint density at radius 1 is 0.417 bits per heavy atom. The average Bonchev–Trinajstić information content (AvgIpc) is 2.93. The van der Waals surface area contributed by atoms with Crippen LogP contribution in [0.3, 0.4) is 0 Å². The maximum Gasteiger partial charge on any atom is 0.123 e. The van der Waals surface area contributed by atoms with Gasteiger partial charge in [-0.1, -0.05) is 44.2 Å². The normalized spacial score (nSPS) is 10.7. The quantitative estimate of drug-likeness (QED) is 0.210. The standard InChI is InChI=1S/C30H38O6/c1-3-25-8-12-27(13-9-25)33-20-16-31-18-22-35-29-6-5-7-30(24-29)36-23-19-32-17-21-34-28-14-10-26(4-2)11-15-28/h5-15,24H,3-4,16-23H2,1-2H3. The van der Waals surface area contributed by atoms with Crippen LogP contribution in [0.2, 0.25) is 0 Å². The van der Waals surface area contributed by atoms with E-state index in [0.29, 0.717) is 52.9 Å². The summed E-state index contributed by atoms with van der Waals surface area (Å²) in [4.78, 5) is 0. The van der Waals surface area contributed by atoms with Gasteiger partial charge >= 0.3 is 0 Å². The third-order valence-electron chi connectivity index (χ3n) is 5.45. The van der Waals surface area contributed by atoms with Gasteiger partial charge in [0, 0.05) is 6.07 Å². The van der Waals surface area contributed by atoms with E-state index in [1.54, 1.807) is 0 Å². The molecule has 0 fully saturated rings. The highest BCUT2D eigenvalue weighted by Crippen LogP contribution is 2.19. The van der Waals surface area contributed by atoms with Crippen LogP contribution in [0.15, 0.2) is 72.8 Å². The number of ether oxygens (including phenoxy) is 6. The number of hydrogen-bond acceptors (Lipinski definition) is 6. The van der Waals surface area contributed by atoms with Crippen molar-refractivity contribution < 1.29 is 28.4 Å². The molecule has 6 nitrogen and oxygen atoms in total. The van der Waals surface area contributed by atoms with E-state index in [9.17, 15) is 0 Å². The molecular weight excluding hydrogens is 456 g/mol. The van der Waals surface area contributed by atoms with Gasteiger partial charge in [-0.2, -0.15) is 0 Å². The number of hydrogen-bond donors (Lipinski definition) is 0. The largest absolute Gasteiger partial charge is 0.491 e. The van der Waals surface area contributed by atoms with E-state index in [1.807, 2.05) is 48.5 Å². The average molecular weight is 495 g/mol. The van der Waals surface area contributed by atoms with Gasteiger partial charge in [0.1, 0.15) is 49.4 Å². The van der Waals surface area contributed by atoms with E-state index in [0.717, 1.165) is 35.8 Å². The molecule has 0 aromatic heterocycles. The van der Waals surface area contributed by atoms with Gasteiger partial charge in [0.25, 0.3) is 0 Å². The van der Waals surface area contributed by atoms with Gasteiger partial charge < -0.3 is 28.4 Å². The highest BCUT2D eigenvalue weighted by Gasteiger charge is 2.00. The van der Waals surface area contributed by atoms with Gasteiger partial charge in [-0.05, 0) is 60.4 Å². The van der Waals surface area contributed by atoms with Crippen molar-refractivity contribution >= 4 is 0 Å². The molecule has 3 rings (SSSR count). The molecule has 0 aliphatic heterocycles. The molecule has 0 aliphatic rings. The number of rotatable bonds is 18. The van der Waals surface area contributed by atoms with Crippen molar-refractivity contribution in [1.29, 1.82) is 0 Å². The summed E-state index contributed by atoms with van der Waals surface area (Å²) >= 11 is 0. The molecule has 0 heterocycles. The summed E-state index contributed by atoms with van der Waals surface area (Å²) in [6.45, 7) is 8.21. The Hall–Kier alpha value is -3.22. The predicted molar refractivity (Wildman–Crippen MR) is 142 cm³/mol. The Morgan fingerprint density at radius 3 is 1.14 bits per heavy atom. The van der Waals surface area contributed by atoms with Crippen LogP contribution in [0.25, 0.3) is 0 Å². The second-order valence-electron chi connectivity index (χ2n) is 8.09. The van der Waals surface area contributed by atoms with Crippen molar-refractivity contribution in [1.82, 2.24) is 0 Å². The molecule has 0 saturated carbocycles. The number of aryl methyl sites for hydroxylation is 2. The molecule has 0 saturated heterocycles. The summed E-state index contributed by atoms with van der Waals surface area (Å²) in [7, 11) is 0. The van der Waals surface area contributed by atoms with Crippen LogP contribution < -0.4 is 18.9 Å². The zero-order valence-electron chi connectivity index (χ0n) is 21.4. The summed E-state index contributed by atoms with van der Waals surface area (Å²) in [6, 6.07) is 23.9. The fraction of sp³-hybridized carbons (Fsp3) is 0.400. The van der Waals surface area contributed by atoms with Crippen LogP contribution in [0.4, 0.5) is 0 Å². The first kappa shape index (κ1) is 27.4. The van der Waals surface area contributed by atoms with E-state index < -0.39 is 0 Å². The lowest BCUT2D eigenvalue weighted by Gasteiger charge is -2.11. The molecule has 0 aliphatic carbocycles. The van der Waals surface area contributed by atoms with Crippen molar-refractivity contribution in [2.24, 2.45) is 0 Å². The Balaban J connectivity index is 1.19. The fourth-order valence-electron chi connectivity index (χ4n) is 3.37. The van der Waals surface area contributed by atoms with Crippen LogP contribution in [0.5, 0.6) is 23.0 Å². The SMILES string of the molecule is CCc1ccc(OCCOCCOc2cccc(OCCOCCOc3ccc(CC)cc3)c2)cc1. The van der Waals surface area contributed by atoms with Crippen molar-refractivity contribution in [2.75, 3.05) is 52.9 Å². The summed E-state index contributed by atoms with van der Waals surface area (Å²) in [6.07, 6.45) is 2.05. The first-order valence-corrected chi connectivity index (χ1v) is 12.7. The van der Waals surface area contributed by atoms with Crippen LogP contribution in [-0.2, 0) is 22.3 Å². The minimum atomic E-state index is 0.457. The first-order valence-electron chi connectivity index (χ1n) is 12.7. The van der Waals surface area contributed by atoms with Gasteiger partial charge in [-0.25, -0.2) is 0 Å². The zero-order valence-corrected chi connectivity index (χ0v) is 21.4. The molecule has 194 valence electrons. The molecule has 3 aromatic carbocycles. The molecule has 0 bridgehead atoms. The molecule has 6 heteroatoms. The fourth-order valence-corrected chi connectivity index (χ4v) is 3.37. The zero-order chi connectivity index (χ0) is 25.3. The predicted octanol–water partition coefficient (Wildman–Crippen LogP) is 5.76. The van der Waals surface area contributed by atoms with E-state index in [4.69, 9.17) is 28.4 Å². The van der Waals surface area contributed by atoms with E-state index in [2.05, 4.69) is 38.1 Å². The maximum atomic E-state index is 5.76. The molecule has 0 spiro atoms. The highest BCUT2D eigenvalue weighted by atomic mass is 16.6. The van der Waals surface area contributed by atoms with E-state index >= 15 is 0 Å². The molecule has 36 heavy (non-hydrogen) atoms. The molecule has 3 aromatic rings. The summed E-state index contributed by atoms with van der Waals surface area (Å²) < 4.78 is 34.1. The van der Waals surface area contributed by atoms with E-state index in [-0.39, 0.29) is 0 Å². The van der Waals surface area contributed by atoms with Gasteiger partial charge in [-0.15, -0.1) is 0 Å². The molecular formula is C30H38O6.